The Bertz CT molecular complexity index is 321. The van der Waals surface area contributed by atoms with Crippen molar-refractivity contribution in [1.82, 2.24) is 10.6 Å². The van der Waals surface area contributed by atoms with E-state index >= 15 is 0 Å². The summed E-state index contributed by atoms with van der Waals surface area (Å²) in [7, 11) is 0. The zero-order valence-corrected chi connectivity index (χ0v) is 11.9. The molecule has 0 aliphatic heterocycles. The molecule has 2 amide bonds. The summed E-state index contributed by atoms with van der Waals surface area (Å²) in [5.41, 5.74) is -0.520. The molecule has 1 unspecified atom stereocenters. The van der Waals surface area contributed by atoms with Crippen LogP contribution in [0.1, 0.15) is 46.5 Å². The number of amides is 2. The highest BCUT2D eigenvalue weighted by Gasteiger charge is 2.26. The first-order chi connectivity index (χ1) is 8.78. The van der Waals surface area contributed by atoms with Gasteiger partial charge in [0.05, 0.1) is 0 Å². The van der Waals surface area contributed by atoms with Gasteiger partial charge in [0.1, 0.15) is 11.7 Å². The zero-order chi connectivity index (χ0) is 14.5. The lowest BCUT2D eigenvalue weighted by Crippen LogP contribution is -2.37. The number of carbonyl (C=O) groups is 2. The normalized spacial score (nSPS) is 16.6. The summed E-state index contributed by atoms with van der Waals surface area (Å²) >= 11 is 0. The van der Waals surface area contributed by atoms with Crippen molar-refractivity contribution in [1.29, 1.82) is 0 Å². The molecule has 1 rings (SSSR count). The molecule has 0 saturated heterocycles. The quantitative estimate of drug-likeness (QED) is 0.628. The van der Waals surface area contributed by atoms with Crippen LogP contribution in [-0.2, 0) is 9.53 Å². The first kappa shape index (κ1) is 15.8. The number of carbonyl (C=O) groups excluding carboxylic acids is 2. The molecule has 0 heterocycles. The Morgan fingerprint density at radius 1 is 1.37 bits per heavy atom. The molecule has 19 heavy (non-hydrogen) atoms. The fourth-order valence-corrected chi connectivity index (χ4v) is 1.46. The highest BCUT2D eigenvalue weighted by molar-refractivity contribution is 5.81. The Labute approximate surface area is 113 Å². The third kappa shape index (κ3) is 7.66. The first-order valence-electron chi connectivity index (χ1n) is 6.73. The number of hydrogen-bond donors (Lipinski definition) is 3. The van der Waals surface area contributed by atoms with E-state index < -0.39 is 17.8 Å². The molecule has 0 bridgehead atoms. The highest BCUT2D eigenvalue weighted by Crippen LogP contribution is 2.18. The minimum absolute atomic E-state index is 0.252. The van der Waals surface area contributed by atoms with E-state index in [2.05, 4.69) is 10.6 Å². The van der Waals surface area contributed by atoms with Gasteiger partial charge < -0.3 is 20.5 Å². The molecule has 3 N–H and O–H groups in total. The van der Waals surface area contributed by atoms with Crippen LogP contribution in [0.15, 0.2) is 0 Å². The summed E-state index contributed by atoms with van der Waals surface area (Å²) in [6.45, 7) is 5.75. The Balaban J connectivity index is 2.06. The van der Waals surface area contributed by atoms with Crippen LogP contribution in [0.3, 0.4) is 0 Å². The number of ether oxygens (including phenoxy) is 1. The van der Waals surface area contributed by atoms with E-state index in [1.807, 2.05) is 0 Å². The molecule has 1 aliphatic carbocycles. The predicted molar refractivity (Wildman–Crippen MR) is 70.6 cm³/mol. The van der Waals surface area contributed by atoms with E-state index in [1.165, 1.54) is 0 Å². The van der Waals surface area contributed by atoms with Crippen LogP contribution in [0.5, 0.6) is 0 Å². The van der Waals surface area contributed by atoms with Gasteiger partial charge in [0.25, 0.3) is 0 Å². The average Bonchev–Trinajstić information content (AvgIpc) is 3.05. The number of aliphatic hydroxyl groups is 1. The molecule has 0 spiro atoms. The van der Waals surface area contributed by atoms with Crippen molar-refractivity contribution in [2.75, 3.05) is 6.54 Å². The summed E-state index contributed by atoms with van der Waals surface area (Å²) in [4.78, 5) is 22.8. The van der Waals surface area contributed by atoms with Crippen molar-refractivity contribution in [3.8, 4) is 0 Å². The smallest absolute Gasteiger partial charge is 0.407 e. The standard InChI is InChI=1S/C13H24N2O4/c1-13(2,3)19-12(18)14-8-4-5-10(16)11(17)15-9-6-7-9/h9-10,16H,4-8H2,1-3H3,(H,14,18)(H,15,17). The highest BCUT2D eigenvalue weighted by atomic mass is 16.6. The van der Waals surface area contributed by atoms with Gasteiger partial charge in [0, 0.05) is 12.6 Å². The summed E-state index contributed by atoms with van der Waals surface area (Å²) in [5, 5.41) is 14.9. The molecule has 6 heteroatoms. The van der Waals surface area contributed by atoms with Gasteiger partial charge in [-0.2, -0.15) is 0 Å². The van der Waals surface area contributed by atoms with Gasteiger partial charge in [-0.15, -0.1) is 0 Å². The maximum atomic E-state index is 11.4. The summed E-state index contributed by atoms with van der Waals surface area (Å²) in [5.74, 6) is -0.320. The minimum Gasteiger partial charge on any atom is -0.444 e. The molecule has 1 fully saturated rings. The van der Waals surface area contributed by atoms with Crippen molar-refractivity contribution in [2.24, 2.45) is 0 Å². The number of nitrogens with one attached hydrogen (secondary N) is 2. The Kier molecular flexibility index (Phi) is 5.60. The van der Waals surface area contributed by atoms with E-state index in [-0.39, 0.29) is 11.9 Å². The minimum atomic E-state index is -0.999. The second-order valence-electron chi connectivity index (χ2n) is 5.87. The predicted octanol–water partition coefficient (Wildman–Crippen LogP) is 0.931. The molecular formula is C13H24N2O4. The fourth-order valence-electron chi connectivity index (χ4n) is 1.46. The fraction of sp³-hybridized carbons (Fsp3) is 0.846. The van der Waals surface area contributed by atoms with Gasteiger partial charge in [-0.3, -0.25) is 4.79 Å². The topological polar surface area (TPSA) is 87.7 Å². The maximum Gasteiger partial charge on any atom is 0.407 e. The third-order valence-electron chi connectivity index (χ3n) is 2.55. The summed E-state index contributed by atoms with van der Waals surface area (Å²) < 4.78 is 5.06. The first-order valence-corrected chi connectivity index (χ1v) is 6.73. The van der Waals surface area contributed by atoms with E-state index in [9.17, 15) is 14.7 Å². The second-order valence-corrected chi connectivity index (χ2v) is 5.87. The number of hydrogen-bond acceptors (Lipinski definition) is 4. The molecule has 0 aromatic carbocycles. The lowest BCUT2D eigenvalue weighted by atomic mass is 10.2. The third-order valence-corrected chi connectivity index (χ3v) is 2.55. The van der Waals surface area contributed by atoms with Crippen molar-refractivity contribution >= 4 is 12.0 Å². The van der Waals surface area contributed by atoms with Gasteiger partial charge in [-0.25, -0.2) is 4.79 Å². The molecular weight excluding hydrogens is 248 g/mol. The van der Waals surface area contributed by atoms with E-state index in [1.54, 1.807) is 20.8 Å². The van der Waals surface area contributed by atoms with Crippen molar-refractivity contribution in [3.05, 3.63) is 0 Å². The molecule has 1 atom stereocenters. The zero-order valence-electron chi connectivity index (χ0n) is 11.9. The molecule has 1 aliphatic rings. The number of rotatable bonds is 6. The number of alkyl carbamates (subject to hydrolysis) is 1. The lowest BCUT2D eigenvalue weighted by Gasteiger charge is -2.19. The van der Waals surface area contributed by atoms with E-state index in [0.29, 0.717) is 19.4 Å². The van der Waals surface area contributed by atoms with Crippen LogP contribution >= 0.6 is 0 Å². The van der Waals surface area contributed by atoms with Crippen LogP contribution in [-0.4, -0.2) is 41.4 Å². The van der Waals surface area contributed by atoms with E-state index in [0.717, 1.165) is 12.8 Å². The van der Waals surface area contributed by atoms with Crippen molar-refractivity contribution in [2.45, 2.75) is 64.2 Å². The SMILES string of the molecule is CC(C)(C)OC(=O)NCCCC(O)C(=O)NC1CC1. The van der Waals surface area contributed by atoms with Gasteiger partial charge in [0.2, 0.25) is 5.91 Å². The summed E-state index contributed by atoms with van der Waals surface area (Å²) in [6.07, 6.45) is 1.37. The van der Waals surface area contributed by atoms with Crippen LogP contribution in [0.2, 0.25) is 0 Å². The molecule has 0 radical (unpaired) electrons. The molecule has 6 nitrogen and oxygen atoms in total. The van der Waals surface area contributed by atoms with Gasteiger partial charge in [-0.05, 0) is 46.5 Å². The van der Waals surface area contributed by atoms with Crippen molar-refractivity contribution in [3.63, 3.8) is 0 Å². The maximum absolute atomic E-state index is 11.4. The molecule has 0 aromatic heterocycles. The second kappa shape index (κ2) is 6.75. The molecule has 1 saturated carbocycles. The Hall–Kier alpha value is -1.30. The lowest BCUT2D eigenvalue weighted by molar-refractivity contribution is -0.129. The van der Waals surface area contributed by atoms with Gasteiger partial charge >= 0.3 is 6.09 Å². The Morgan fingerprint density at radius 3 is 2.53 bits per heavy atom. The number of aliphatic hydroxyl groups excluding tert-OH is 1. The molecule has 110 valence electrons. The van der Waals surface area contributed by atoms with Crippen LogP contribution < -0.4 is 10.6 Å². The van der Waals surface area contributed by atoms with Crippen LogP contribution in [0.25, 0.3) is 0 Å². The summed E-state index contributed by atoms with van der Waals surface area (Å²) in [6, 6.07) is 0.252. The monoisotopic (exact) mass is 272 g/mol. The van der Waals surface area contributed by atoms with Crippen LogP contribution in [0.4, 0.5) is 4.79 Å². The average molecular weight is 272 g/mol. The largest absolute Gasteiger partial charge is 0.444 e. The van der Waals surface area contributed by atoms with Crippen molar-refractivity contribution < 1.29 is 19.4 Å². The molecule has 0 aromatic rings. The Morgan fingerprint density at radius 2 is 2.00 bits per heavy atom. The van der Waals surface area contributed by atoms with Gasteiger partial charge in [0.15, 0.2) is 0 Å². The van der Waals surface area contributed by atoms with Gasteiger partial charge in [-0.1, -0.05) is 0 Å². The van der Waals surface area contributed by atoms with E-state index in [4.69, 9.17) is 4.74 Å². The van der Waals surface area contributed by atoms with Crippen LogP contribution in [0, 0.1) is 0 Å².